The summed E-state index contributed by atoms with van der Waals surface area (Å²) in [6, 6.07) is 6.13. The number of carbonyl (C=O) groups excluding carboxylic acids is 1. The van der Waals surface area contributed by atoms with Crippen LogP contribution in [0.25, 0.3) is 0 Å². The molecule has 0 bridgehead atoms. The number of hydrogen-bond acceptors (Lipinski definition) is 5. The van der Waals surface area contributed by atoms with E-state index in [4.69, 9.17) is 9.99 Å². The van der Waals surface area contributed by atoms with Gasteiger partial charge in [0.1, 0.15) is 5.60 Å². The van der Waals surface area contributed by atoms with E-state index in [1.807, 2.05) is 0 Å². The molecular formula is C11H16BNO5. The first-order valence-corrected chi connectivity index (χ1v) is 5.40. The Morgan fingerprint density at radius 1 is 1.28 bits per heavy atom. The van der Waals surface area contributed by atoms with E-state index in [0.29, 0.717) is 11.2 Å². The van der Waals surface area contributed by atoms with Crippen LogP contribution in [0.3, 0.4) is 0 Å². The predicted octanol–water partition coefficient (Wildman–Crippen LogP) is 1.21. The van der Waals surface area contributed by atoms with Crippen LogP contribution < -0.4 is 10.8 Å². The first-order valence-electron chi connectivity index (χ1n) is 5.40. The summed E-state index contributed by atoms with van der Waals surface area (Å²) in [5.41, 5.74) is 0.315. The largest absolute Gasteiger partial charge is 0.522 e. The Kier molecular flexibility index (Phi) is 4.72. The number of ether oxygens (including phenoxy) is 1. The van der Waals surface area contributed by atoms with Crippen LogP contribution in [0.4, 0.5) is 10.5 Å². The molecule has 0 aliphatic rings. The van der Waals surface area contributed by atoms with Crippen molar-refractivity contribution >= 4 is 24.4 Å². The van der Waals surface area contributed by atoms with Gasteiger partial charge in [0.05, 0.1) is 0 Å². The Balaban J connectivity index is 2.61. The Morgan fingerprint density at radius 2 is 1.83 bits per heavy atom. The summed E-state index contributed by atoms with van der Waals surface area (Å²) in [5, 5.41) is 20.0. The van der Waals surface area contributed by atoms with Gasteiger partial charge in [-0.3, -0.25) is 15.4 Å². The molecule has 98 valence electrons. The van der Waals surface area contributed by atoms with Gasteiger partial charge in [-0.1, -0.05) is 12.1 Å². The molecule has 18 heavy (non-hydrogen) atoms. The van der Waals surface area contributed by atoms with Crippen molar-refractivity contribution in [2.45, 2.75) is 26.4 Å². The first kappa shape index (κ1) is 14.5. The van der Waals surface area contributed by atoms with Crippen molar-refractivity contribution in [2.75, 3.05) is 5.32 Å². The van der Waals surface area contributed by atoms with Crippen LogP contribution in [-0.4, -0.2) is 29.1 Å². The maximum absolute atomic E-state index is 11.5. The Labute approximate surface area is 106 Å². The van der Waals surface area contributed by atoms with Crippen LogP contribution in [-0.2, 0) is 9.54 Å². The number of amides is 1. The van der Waals surface area contributed by atoms with Crippen molar-refractivity contribution < 1.29 is 24.6 Å². The molecule has 0 aliphatic heterocycles. The highest BCUT2D eigenvalue weighted by atomic mass is 17.1. The van der Waals surface area contributed by atoms with Gasteiger partial charge in [0.15, 0.2) is 0 Å². The zero-order valence-corrected chi connectivity index (χ0v) is 10.5. The fourth-order valence-corrected chi connectivity index (χ4v) is 1.21. The third kappa shape index (κ3) is 4.74. The van der Waals surface area contributed by atoms with Gasteiger partial charge in [0, 0.05) is 5.69 Å². The molecule has 0 fully saturated rings. The minimum absolute atomic E-state index is 0.368. The van der Waals surface area contributed by atoms with Gasteiger partial charge in [-0.2, -0.15) is 0 Å². The monoisotopic (exact) mass is 253 g/mol. The molecule has 1 aromatic carbocycles. The van der Waals surface area contributed by atoms with Crippen molar-refractivity contribution in [3.8, 4) is 0 Å². The highest BCUT2D eigenvalue weighted by Crippen LogP contribution is 2.10. The zero-order valence-electron chi connectivity index (χ0n) is 10.5. The van der Waals surface area contributed by atoms with Crippen LogP contribution in [0.15, 0.2) is 24.3 Å². The second-order valence-corrected chi connectivity index (χ2v) is 4.71. The molecule has 1 rings (SSSR count). The number of rotatable bonds is 3. The van der Waals surface area contributed by atoms with Gasteiger partial charge in [0.25, 0.3) is 0 Å². The fraction of sp³-hybridized carbons (Fsp3) is 0.364. The van der Waals surface area contributed by atoms with Crippen molar-refractivity contribution in [3.05, 3.63) is 24.3 Å². The van der Waals surface area contributed by atoms with Crippen molar-refractivity contribution in [2.24, 2.45) is 0 Å². The molecule has 0 atom stereocenters. The molecule has 0 saturated carbocycles. The third-order valence-electron chi connectivity index (χ3n) is 1.94. The molecule has 0 unspecified atom stereocenters. The quantitative estimate of drug-likeness (QED) is 0.428. The summed E-state index contributed by atoms with van der Waals surface area (Å²) >= 11 is 0. The Hall–Kier alpha value is -1.57. The first-order chi connectivity index (χ1) is 8.31. The van der Waals surface area contributed by atoms with Crippen LogP contribution in [0, 0.1) is 0 Å². The minimum atomic E-state index is -1.40. The maximum Gasteiger partial charge on any atom is 0.522 e. The lowest BCUT2D eigenvalue weighted by Crippen LogP contribution is -2.32. The van der Waals surface area contributed by atoms with Gasteiger partial charge in [0.2, 0.25) is 0 Å². The van der Waals surface area contributed by atoms with Crippen molar-refractivity contribution in [3.63, 3.8) is 0 Å². The number of benzene rings is 1. The van der Waals surface area contributed by atoms with E-state index in [-0.39, 0.29) is 0 Å². The molecule has 0 spiro atoms. The molecule has 0 saturated heterocycles. The summed E-state index contributed by atoms with van der Waals surface area (Å²) in [4.78, 5) is 15.2. The number of carbonyl (C=O) groups is 1. The summed E-state index contributed by atoms with van der Waals surface area (Å²) in [6.45, 7) is 5.31. The lowest BCUT2D eigenvalue weighted by Gasteiger charge is -2.19. The molecule has 1 amide bonds. The molecule has 0 aromatic heterocycles. The zero-order chi connectivity index (χ0) is 13.8. The van der Waals surface area contributed by atoms with Crippen LogP contribution in [0.1, 0.15) is 20.8 Å². The fourth-order valence-electron chi connectivity index (χ4n) is 1.21. The van der Waals surface area contributed by atoms with Gasteiger partial charge >= 0.3 is 13.2 Å². The Morgan fingerprint density at radius 3 is 2.28 bits per heavy atom. The van der Waals surface area contributed by atoms with Crippen LogP contribution >= 0.6 is 0 Å². The molecule has 7 heteroatoms. The summed E-state index contributed by atoms with van der Waals surface area (Å²) in [7, 11) is -1.40. The SMILES string of the molecule is CC(C)(C)OC(=O)Nc1ccc(B(O)OO)cc1. The molecule has 3 N–H and O–H groups in total. The number of anilines is 1. The predicted molar refractivity (Wildman–Crippen MR) is 67.6 cm³/mol. The molecular weight excluding hydrogens is 237 g/mol. The van der Waals surface area contributed by atoms with E-state index in [0.717, 1.165) is 0 Å². The van der Waals surface area contributed by atoms with E-state index < -0.39 is 18.8 Å². The van der Waals surface area contributed by atoms with E-state index in [1.165, 1.54) is 12.1 Å². The smallest absolute Gasteiger partial charge is 0.444 e. The third-order valence-corrected chi connectivity index (χ3v) is 1.94. The lowest BCUT2D eigenvalue weighted by molar-refractivity contribution is -0.154. The average molecular weight is 253 g/mol. The highest BCUT2D eigenvalue weighted by Gasteiger charge is 2.18. The lowest BCUT2D eigenvalue weighted by atomic mass is 9.80. The van der Waals surface area contributed by atoms with E-state index in [9.17, 15) is 9.82 Å². The molecule has 0 radical (unpaired) electrons. The normalized spacial score (nSPS) is 10.9. The maximum atomic E-state index is 11.5. The summed E-state index contributed by atoms with van der Waals surface area (Å²) in [6.07, 6.45) is -0.561. The Bertz CT molecular complexity index is 401. The molecule has 6 nitrogen and oxygen atoms in total. The molecule has 0 aliphatic carbocycles. The van der Waals surface area contributed by atoms with E-state index in [1.54, 1.807) is 32.9 Å². The average Bonchev–Trinajstić information content (AvgIpc) is 2.26. The van der Waals surface area contributed by atoms with Gasteiger partial charge in [-0.25, -0.2) is 4.79 Å². The second kappa shape index (κ2) is 5.86. The van der Waals surface area contributed by atoms with Gasteiger partial charge in [-0.05, 0) is 38.4 Å². The van der Waals surface area contributed by atoms with E-state index >= 15 is 0 Å². The van der Waals surface area contributed by atoms with Crippen molar-refractivity contribution in [1.82, 2.24) is 0 Å². The second-order valence-electron chi connectivity index (χ2n) is 4.71. The van der Waals surface area contributed by atoms with Crippen LogP contribution in [0.5, 0.6) is 0 Å². The topological polar surface area (TPSA) is 88.0 Å². The van der Waals surface area contributed by atoms with E-state index in [2.05, 4.69) is 10.1 Å². The standard InChI is InChI=1S/C11H16BNO5/c1-11(2,3)17-10(14)13-9-6-4-8(5-7-9)12(15)18-16/h4-7,15-16H,1-3H3,(H,13,14). The minimum Gasteiger partial charge on any atom is -0.444 e. The van der Waals surface area contributed by atoms with Crippen LogP contribution in [0.2, 0.25) is 0 Å². The van der Waals surface area contributed by atoms with Crippen molar-refractivity contribution in [1.29, 1.82) is 0 Å². The summed E-state index contributed by atoms with van der Waals surface area (Å²) < 4.78 is 5.08. The van der Waals surface area contributed by atoms with Gasteiger partial charge in [-0.15, -0.1) is 0 Å². The molecule has 1 aromatic rings. The summed E-state index contributed by atoms with van der Waals surface area (Å²) in [5.74, 6) is 0. The number of nitrogens with one attached hydrogen (secondary N) is 1. The highest BCUT2D eigenvalue weighted by molar-refractivity contribution is 6.59. The number of hydrogen-bond donors (Lipinski definition) is 3. The van der Waals surface area contributed by atoms with Gasteiger partial charge < -0.3 is 9.76 Å². The molecule has 0 heterocycles.